The number of rotatable bonds is 1. The van der Waals surface area contributed by atoms with Gasteiger partial charge in [0.15, 0.2) is 0 Å². The first kappa shape index (κ1) is 11.4. The normalized spacial score (nSPS) is 38.8. The Morgan fingerprint density at radius 3 is 2.87 bits per heavy atom. The molecule has 0 aromatic rings. The number of likely N-dealkylation sites (tertiary alicyclic amines) is 1. The van der Waals surface area contributed by atoms with Gasteiger partial charge in [0, 0.05) is 31.2 Å². The van der Waals surface area contributed by atoms with Crippen LogP contribution in [0.1, 0.15) is 26.7 Å². The van der Waals surface area contributed by atoms with Gasteiger partial charge in [-0.25, -0.2) is 0 Å². The van der Waals surface area contributed by atoms with Gasteiger partial charge in [-0.1, -0.05) is 13.8 Å². The smallest absolute Gasteiger partial charge is 0.0437 e. The summed E-state index contributed by atoms with van der Waals surface area (Å²) in [4.78, 5) is 2.46. The van der Waals surface area contributed by atoms with Crippen molar-refractivity contribution in [2.24, 2.45) is 5.92 Å². The van der Waals surface area contributed by atoms with Crippen molar-refractivity contribution in [2.45, 2.75) is 38.3 Å². The zero-order valence-corrected chi connectivity index (χ0v) is 10.3. The molecule has 0 aliphatic carbocycles. The molecule has 3 heteroatoms. The van der Waals surface area contributed by atoms with E-state index in [0.717, 1.165) is 19.0 Å². The van der Waals surface area contributed by atoms with E-state index in [1.54, 1.807) is 0 Å². The van der Waals surface area contributed by atoms with Gasteiger partial charge in [0.2, 0.25) is 0 Å². The molecule has 15 heavy (non-hydrogen) atoms. The summed E-state index contributed by atoms with van der Waals surface area (Å²) in [5.41, 5.74) is 0.347. The fourth-order valence-electron chi connectivity index (χ4n) is 2.99. The largest absolute Gasteiger partial charge is 0.313 e. The highest BCUT2D eigenvalue weighted by Crippen LogP contribution is 2.23. The van der Waals surface area contributed by atoms with Gasteiger partial charge in [-0.05, 0) is 32.4 Å². The van der Waals surface area contributed by atoms with Crippen LogP contribution < -0.4 is 10.6 Å². The number of piperidine rings is 1. The summed E-state index contributed by atoms with van der Waals surface area (Å²) in [6.07, 6.45) is 2.66. The third-order valence-electron chi connectivity index (χ3n) is 3.89. The van der Waals surface area contributed by atoms with Crippen molar-refractivity contribution < 1.29 is 0 Å². The summed E-state index contributed by atoms with van der Waals surface area (Å²) in [5.74, 6) is 0.724. The lowest BCUT2D eigenvalue weighted by Gasteiger charge is -2.48. The van der Waals surface area contributed by atoms with Crippen LogP contribution in [0.2, 0.25) is 0 Å². The average molecular weight is 211 g/mol. The highest BCUT2D eigenvalue weighted by atomic mass is 15.2. The molecule has 2 aliphatic rings. The van der Waals surface area contributed by atoms with Crippen LogP contribution in [0.25, 0.3) is 0 Å². The molecule has 1 spiro atoms. The van der Waals surface area contributed by atoms with Gasteiger partial charge >= 0.3 is 0 Å². The molecule has 2 fully saturated rings. The molecule has 0 saturated carbocycles. The molecular weight excluding hydrogens is 186 g/mol. The van der Waals surface area contributed by atoms with E-state index >= 15 is 0 Å². The summed E-state index contributed by atoms with van der Waals surface area (Å²) in [7, 11) is 2.24. The van der Waals surface area contributed by atoms with Crippen molar-refractivity contribution in [2.75, 3.05) is 33.2 Å². The monoisotopic (exact) mass is 211 g/mol. The van der Waals surface area contributed by atoms with Crippen LogP contribution >= 0.6 is 0 Å². The Hall–Kier alpha value is -0.120. The predicted octanol–water partition coefficient (Wildman–Crippen LogP) is 0.668. The molecule has 2 heterocycles. The Morgan fingerprint density at radius 1 is 1.40 bits per heavy atom. The Balaban J connectivity index is 2.01. The minimum atomic E-state index is 0.347. The highest BCUT2D eigenvalue weighted by molar-refractivity contribution is 5.01. The predicted molar refractivity (Wildman–Crippen MR) is 64.1 cm³/mol. The third kappa shape index (κ3) is 2.52. The van der Waals surface area contributed by atoms with Crippen LogP contribution in [-0.2, 0) is 0 Å². The van der Waals surface area contributed by atoms with Gasteiger partial charge in [0.05, 0.1) is 0 Å². The van der Waals surface area contributed by atoms with Crippen LogP contribution in [-0.4, -0.2) is 49.7 Å². The zero-order valence-electron chi connectivity index (χ0n) is 10.3. The van der Waals surface area contributed by atoms with E-state index in [1.807, 2.05) is 0 Å². The van der Waals surface area contributed by atoms with E-state index < -0.39 is 0 Å². The maximum absolute atomic E-state index is 3.89. The number of hydrogen-bond acceptors (Lipinski definition) is 3. The third-order valence-corrected chi connectivity index (χ3v) is 3.89. The lowest BCUT2D eigenvalue weighted by atomic mass is 9.84. The summed E-state index contributed by atoms with van der Waals surface area (Å²) < 4.78 is 0. The number of likely N-dealkylation sites (N-methyl/N-ethyl adjacent to an activating group) is 1. The van der Waals surface area contributed by atoms with Crippen LogP contribution in [0.15, 0.2) is 0 Å². The minimum absolute atomic E-state index is 0.347. The number of nitrogens with one attached hydrogen (secondary N) is 2. The fraction of sp³-hybridized carbons (Fsp3) is 1.00. The summed E-state index contributed by atoms with van der Waals surface area (Å²) in [6.45, 7) is 9.35. The summed E-state index contributed by atoms with van der Waals surface area (Å²) in [6, 6.07) is 0.644. The molecule has 2 aliphatic heterocycles. The molecule has 2 rings (SSSR count). The van der Waals surface area contributed by atoms with Gasteiger partial charge in [-0.3, -0.25) is 0 Å². The lowest BCUT2D eigenvalue weighted by molar-refractivity contribution is 0.0978. The van der Waals surface area contributed by atoms with Crippen molar-refractivity contribution in [1.29, 1.82) is 0 Å². The van der Waals surface area contributed by atoms with Crippen molar-refractivity contribution >= 4 is 0 Å². The van der Waals surface area contributed by atoms with Crippen LogP contribution in [0.4, 0.5) is 0 Å². The van der Waals surface area contributed by atoms with Crippen molar-refractivity contribution in [3.05, 3.63) is 0 Å². The summed E-state index contributed by atoms with van der Waals surface area (Å²) in [5, 5.41) is 7.50. The van der Waals surface area contributed by atoms with E-state index in [4.69, 9.17) is 0 Å². The van der Waals surface area contributed by atoms with Gasteiger partial charge in [0.25, 0.3) is 0 Å². The second-order valence-corrected chi connectivity index (χ2v) is 5.75. The molecule has 88 valence electrons. The minimum Gasteiger partial charge on any atom is -0.313 e. The molecule has 0 aromatic carbocycles. The Morgan fingerprint density at radius 2 is 2.20 bits per heavy atom. The molecular formula is C12H25N3. The van der Waals surface area contributed by atoms with Gasteiger partial charge in [0.1, 0.15) is 0 Å². The standard InChI is InChI=1S/C12H25N3/c1-10(2)11-7-13-8-12(14-11)5-4-6-15(3)9-12/h10-11,13-14H,4-9H2,1-3H3/t11-,12?/m0/s1. The van der Waals surface area contributed by atoms with Crippen LogP contribution in [0.3, 0.4) is 0 Å². The molecule has 2 saturated heterocycles. The first-order chi connectivity index (χ1) is 7.11. The maximum atomic E-state index is 3.89. The SMILES string of the molecule is CC(C)[C@@H]1CNCC2(CCCN(C)C2)N1. The second kappa shape index (κ2) is 4.40. The van der Waals surface area contributed by atoms with Crippen molar-refractivity contribution in [1.82, 2.24) is 15.5 Å². The molecule has 0 aromatic heterocycles. The first-order valence-corrected chi connectivity index (χ1v) is 6.28. The molecule has 0 amide bonds. The van der Waals surface area contributed by atoms with E-state index in [2.05, 4.69) is 36.4 Å². The molecule has 1 unspecified atom stereocenters. The van der Waals surface area contributed by atoms with Crippen molar-refractivity contribution in [3.8, 4) is 0 Å². The molecule has 2 atom stereocenters. The highest BCUT2D eigenvalue weighted by Gasteiger charge is 2.38. The zero-order chi connectivity index (χ0) is 10.9. The van der Waals surface area contributed by atoms with Gasteiger partial charge in [-0.15, -0.1) is 0 Å². The topological polar surface area (TPSA) is 27.3 Å². The molecule has 3 nitrogen and oxygen atoms in total. The summed E-state index contributed by atoms with van der Waals surface area (Å²) >= 11 is 0. The lowest BCUT2D eigenvalue weighted by Crippen LogP contribution is -2.69. The second-order valence-electron chi connectivity index (χ2n) is 5.75. The first-order valence-electron chi connectivity index (χ1n) is 6.28. The number of hydrogen-bond donors (Lipinski definition) is 2. The molecule has 2 N–H and O–H groups in total. The van der Waals surface area contributed by atoms with E-state index in [-0.39, 0.29) is 0 Å². The Labute approximate surface area is 93.6 Å². The number of nitrogens with zero attached hydrogens (tertiary/aromatic N) is 1. The van der Waals surface area contributed by atoms with Gasteiger partial charge < -0.3 is 15.5 Å². The number of piperazine rings is 1. The Kier molecular flexibility index (Phi) is 3.33. The maximum Gasteiger partial charge on any atom is 0.0437 e. The van der Waals surface area contributed by atoms with Crippen LogP contribution in [0, 0.1) is 5.92 Å². The van der Waals surface area contributed by atoms with Gasteiger partial charge in [-0.2, -0.15) is 0 Å². The van der Waals surface area contributed by atoms with E-state index in [0.29, 0.717) is 11.6 Å². The average Bonchev–Trinajstić information content (AvgIpc) is 2.17. The molecule has 0 bridgehead atoms. The molecule has 0 radical (unpaired) electrons. The van der Waals surface area contributed by atoms with Crippen LogP contribution in [0.5, 0.6) is 0 Å². The fourth-order valence-corrected chi connectivity index (χ4v) is 2.99. The Bertz CT molecular complexity index is 213. The quantitative estimate of drug-likeness (QED) is 0.667. The van der Waals surface area contributed by atoms with Crippen molar-refractivity contribution in [3.63, 3.8) is 0 Å². The van der Waals surface area contributed by atoms with E-state index in [9.17, 15) is 0 Å². The van der Waals surface area contributed by atoms with E-state index in [1.165, 1.54) is 25.9 Å².